The van der Waals surface area contributed by atoms with Gasteiger partial charge in [0.2, 0.25) is 0 Å². The third-order valence-electron chi connectivity index (χ3n) is 5.11. The topological polar surface area (TPSA) is 76.4 Å². The summed E-state index contributed by atoms with van der Waals surface area (Å²) in [5.74, 6) is 0.514. The summed E-state index contributed by atoms with van der Waals surface area (Å²) in [4.78, 5) is 25.1. The van der Waals surface area contributed by atoms with Crippen LogP contribution in [0.15, 0.2) is 36.8 Å². The fourth-order valence-corrected chi connectivity index (χ4v) is 3.58. The maximum absolute atomic E-state index is 11.6. The standard InChI is InChI=1S/C20H24N6O2/c1-15-4-6-16(7-5-15)24-8-3-9-25(11-10-24)19-17-12-23-26(13-18(27)28-2)20(17)22-14-21-19/h4-7,12,14H,3,8-11,13H2,1-2H3. The lowest BCUT2D eigenvalue weighted by atomic mass is 10.2. The van der Waals surface area contributed by atoms with Crippen LogP contribution in [0.5, 0.6) is 0 Å². The maximum Gasteiger partial charge on any atom is 0.327 e. The average Bonchev–Trinajstić information content (AvgIpc) is 2.96. The quantitative estimate of drug-likeness (QED) is 0.641. The Labute approximate surface area is 163 Å². The molecule has 2 aromatic heterocycles. The van der Waals surface area contributed by atoms with Crippen LogP contribution in [-0.4, -0.2) is 59.0 Å². The molecule has 0 amide bonds. The van der Waals surface area contributed by atoms with Crippen LogP contribution in [0.3, 0.4) is 0 Å². The molecule has 1 saturated heterocycles. The van der Waals surface area contributed by atoms with Gasteiger partial charge in [0.1, 0.15) is 18.7 Å². The van der Waals surface area contributed by atoms with E-state index in [1.165, 1.54) is 24.7 Å². The number of hydrogen-bond donors (Lipinski definition) is 0. The Morgan fingerprint density at radius 3 is 2.61 bits per heavy atom. The first-order chi connectivity index (χ1) is 13.7. The molecule has 3 heterocycles. The highest BCUT2D eigenvalue weighted by atomic mass is 16.5. The van der Waals surface area contributed by atoms with Crippen molar-refractivity contribution in [2.24, 2.45) is 0 Å². The first-order valence-corrected chi connectivity index (χ1v) is 9.45. The minimum atomic E-state index is -0.353. The highest BCUT2D eigenvalue weighted by Crippen LogP contribution is 2.25. The van der Waals surface area contributed by atoms with Gasteiger partial charge in [-0.1, -0.05) is 17.7 Å². The van der Waals surface area contributed by atoms with Crippen molar-refractivity contribution in [2.45, 2.75) is 19.9 Å². The van der Waals surface area contributed by atoms with Crippen LogP contribution >= 0.6 is 0 Å². The van der Waals surface area contributed by atoms with E-state index in [1.54, 1.807) is 10.9 Å². The predicted molar refractivity (Wildman–Crippen MR) is 108 cm³/mol. The molecule has 1 aromatic carbocycles. The molecule has 0 N–H and O–H groups in total. The third kappa shape index (κ3) is 3.62. The van der Waals surface area contributed by atoms with Crippen LogP contribution in [0.2, 0.25) is 0 Å². The Balaban J connectivity index is 1.55. The van der Waals surface area contributed by atoms with Crippen molar-refractivity contribution in [1.29, 1.82) is 0 Å². The first kappa shape index (κ1) is 18.2. The van der Waals surface area contributed by atoms with E-state index in [2.05, 4.69) is 56.1 Å². The van der Waals surface area contributed by atoms with Gasteiger partial charge >= 0.3 is 5.97 Å². The zero-order valence-corrected chi connectivity index (χ0v) is 16.2. The Bertz CT molecular complexity index is 968. The molecule has 28 heavy (non-hydrogen) atoms. The van der Waals surface area contributed by atoms with Crippen molar-refractivity contribution in [3.63, 3.8) is 0 Å². The number of carbonyl (C=O) groups is 1. The molecule has 0 unspecified atom stereocenters. The van der Waals surface area contributed by atoms with Crippen LogP contribution in [0.25, 0.3) is 11.0 Å². The van der Waals surface area contributed by atoms with Gasteiger partial charge in [-0.15, -0.1) is 0 Å². The average molecular weight is 380 g/mol. The van der Waals surface area contributed by atoms with E-state index in [4.69, 9.17) is 4.74 Å². The molecule has 8 nitrogen and oxygen atoms in total. The summed E-state index contributed by atoms with van der Waals surface area (Å²) in [5, 5.41) is 5.17. The Morgan fingerprint density at radius 1 is 1.07 bits per heavy atom. The lowest BCUT2D eigenvalue weighted by Crippen LogP contribution is -2.31. The first-order valence-electron chi connectivity index (χ1n) is 9.45. The summed E-state index contributed by atoms with van der Waals surface area (Å²) in [7, 11) is 1.37. The molecule has 0 aliphatic carbocycles. The Hall–Kier alpha value is -3.16. The predicted octanol–water partition coefficient (Wildman–Crippen LogP) is 2.02. The van der Waals surface area contributed by atoms with Crippen molar-refractivity contribution in [3.8, 4) is 0 Å². The van der Waals surface area contributed by atoms with Crippen LogP contribution in [-0.2, 0) is 16.1 Å². The van der Waals surface area contributed by atoms with E-state index in [-0.39, 0.29) is 12.5 Å². The summed E-state index contributed by atoms with van der Waals surface area (Å²) in [6, 6.07) is 8.68. The second-order valence-corrected chi connectivity index (χ2v) is 6.98. The number of rotatable bonds is 4. The van der Waals surface area contributed by atoms with Gasteiger partial charge in [-0.3, -0.25) is 4.79 Å². The number of ether oxygens (including phenoxy) is 1. The number of hydrogen-bond acceptors (Lipinski definition) is 7. The van der Waals surface area contributed by atoms with Gasteiger partial charge in [0.25, 0.3) is 0 Å². The van der Waals surface area contributed by atoms with Crippen molar-refractivity contribution in [3.05, 3.63) is 42.4 Å². The number of aryl methyl sites for hydroxylation is 1. The number of benzene rings is 1. The van der Waals surface area contributed by atoms with Gasteiger partial charge in [0.05, 0.1) is 18.7 Å². The molecule has 1 aliphatic heterocycles. The molecule has 1 aliphatic rings. The van der Waals surface area contributed by atoms with E-state index >= 15 is 0 Å². The largest absolute Gasteiger partial charge is 0.468 e. The fourth-order valence-electron chi connectivity index (χ4n) is 3.58. The lowest BCUT2D eigenvalue weighted by Gasteiger charge is -2.24. The molecule has 146 valence electrons. The van der Waals surface area contributed by atoms with E-state index in [9.17, 15) is 4.79 Å². The summed E-state index contributed by atoms with van der Waals surface area (Å²) >= 11 is 0. The van der Waals surface area contributed by atoms with E-state index in [0.29, 0.717) is 5.65 Å². The molecular formula is C20H24N6O2. The van der Waals surface area contributed by atoms with Crippen molar-refractivity contribution < 1.29 is 9.53 Å². The molecule has 0 bridgehead atoms. The summed E-state index contributed by atoms with van der Waals surface area (Å²) in [6.45, 7) is 5.85. The SMILES string of the molecule is COC(=O)Cn1ncc2c(N3CCCN(c4ccc(C)cc4)CC3)ncnc21. The van der Waals surface area contributed by atoms with Crippen molar-refractivity contribution in [1.82, 2.24) is 19.7 Å². The number of fused-ring (bicyclic) bond motifs is 1. The molecule has 0 saturated carbocycles. The fraction of sp³-hybridized carbons (Fsp3) is 0.400. The zero-order chi connectivity index (χ0) is 19.5. The Kier molecular flexibility index (Phi) is 5.10. The molecule has 0 radical (unpaired) electrons. The number of aromatic nitrogens is 4. The van der Waals surface area contributed by atoms with Gasteiger partial charge in [0, 0.05) is 31.9 Å². The van der Waals surface area contributed by atoms with Crippen LogP contribution in [0.1, 0.15) is 12.0 Å². The highest BCUT2D eigenvalue weighted by Gasteiger charge is 2.20. The number of nitrogens with zero attached hydrogens (tertiary/aromatic N) is 6. The normalized spacial score (nSPS) is 14.9. The van der Waals surface area contributed by atoms with Crippen LogP contribution in [0.4, 0.5) is 11.5 Å². The molecule has 4 rings (SSSR count). The molecule has 8 heteroatoms. The van der Waals surface area contributed by atoms with Gasteiger partial charge in [-0.05, 0) is 25.5 Å². The molecule has 1 fully saturated rings. The smallest absolute Gasteiger partial charge is 0.327 e. The lowest BCUT2D eigenvalue weighted by molar-refractivity contribution is -0.141. The maximum atomic E-state index is 11.6. The summed E-state index contributed by atoms with van der Waals surface area (Å²) < 4.78 is 6.30. The molecule has 0 spiro atoms. The molecular weight excluding hydrogens is 356 g/mol. The number of anilines is 2. The summed E-state index contributed by atoms with van der Waals surface area (Å²) in [5.41, 5.74) is 3.17. The van der Waals surface area contributed by atoms with Gasteiger partial charge in [0.15, 0.2) is 5.65 Å². The number of carbonyl (C=O) groups excluding carboxylic acids is 1. The molecule has 0 atom stereocenters. The number of esters is 1. The van der Waals surface area contributed by atoms with E-state index in [0.717, 1.165) is 43.8 Å². The highest BCUT2D eigenvalue weighted by molar-refractivity contribution is 5.87. The van der Waals surface area contributed by atoms with Gasteiger partial charge in [-0.25, -0.2) is 14.6 Å². The second-order valence-electron chi connectivity index (χ2n) is 6.98. The van der Waals surface area contributed by atoms with E-state index in [1.807, 2.05) is 0 Å². The molecule has 3 aromatic rings. The minimum Gasteiger partial charge on any atom is -0.468 e. The van der Waals surface area contributed by atoms with Gasteiger partial charge in [-0.2, -0.15) is 5.10 Å². The minimum absolute atomic E-state index is 0.0393. The zero-order valence-electron chi connectivity index (χ0n) is 16.2. The van der Waals surface area contributed by atoms with Crippen molar-refractivity contribution >= 4 is 28.5 Å². The number of methoxy groups -OCH3 is 1. The van der Waals surface area contributed by atoms with Crippen LogP contribution < -0.4 is 9.80 Å². The second kappa shape index (κ2) is 7.84. The Morgan fingerprint density at radius 2 is 1.82 bits per heavy atom. The van der Waals surface area contributed by atoms with Gasteiger partial charge < -0.3 is 14.5 Å². The summed E-state index contributed by atoms with van der Waals surface area (Å²) in [6.07, 6.45) is 4.31. The monoisotopic (exact) mass is 380 g/mol. The van der Waals surface area contributed by atoms with E-state index < -0.39 is 0 Å². The third-order valence-corrected chi connectivity index (χ3v) is 5.11. The van der Waals surface area contributed by atoms with Crippen molar-refractivity contribution in [2.75, 3.05) is 43.1 Å². The van der Waals surface area contributed by atoms with Crippen LogP contribution in [0, 0.1) is 6.92 Å².